The molecule has 60 valence electrons. The van der Waals surface area contributed by atoms with Crippen LogP contribution in [-0.2, 0) is 0 Å². The Balaban J connectivity index is 2.86. The van der Waals surface area contributed by atoms with Crippen LogP contribution >= 0.6 is 11.6 Å². The lowest BCUT2D eigenvalue weighted by atomic mass is 10.3. The first-order valence-electron chi connectivity index (χ1n) is 3.33. The molecule has 12 heavy (non-hydrogen) atoms. The topological polar surface area (TPSA) is 25.8 Å². The quantitative estimate of drug-likeness (QED) is 0.585. The van der Waals surface area contributed by atoms with E-state index in [4.69, 9.17) is 11.6 Å². The van der Waals surface area contributed by atoms with Gasteiger partial charge in [0.2, 0.25) is 0 Å². The van der Waals surface area contributed by atoms with Crippen molar-refractivity contribution >= 4 is 22.5 Å². The fraction of sp³-hybridized carbons (Fsp3) is 0. The van der Waals surface area contributed by atoms with Crippen LogP contribution in [0.1, 0.15) is 0 Å². The molecule has 0 N–H and O–H groups in total. The second kappa shape index (κ2) is 2.68. The number of hydrogen-bond acceptors (Lipinski definition) is 2. The van der Waals surface area contributed by atoms with Crippen LogP contribution < -0.4 is 0 Å². The monoisotopic (exact) mass is 182 g/mol. The van der Waals surface area contributed by atoms with Crippen molar-refractivity contribution in [3.63, 3.8) is 0 Å². The predicted molar refractivity (Wildman–Crippen MR) is 44.5 cm³/mol. The van der Waals surface area contributed by atoms with Crippen molar-refractivity contribution in [3.8, 4) is 0 Å². The highest BCUT2D eigenvalue weighted by Crippen LogP contribution is 2.18. The minimum absolute atomic E-state index is 0.299. The lowest BCUT2D eigenvalue weighted by Gasteiger charge is -1.96. The zero-order valence-corrected chi connectivity index (χ0v) is 6.72. The van der Waals surface area contributed by atoms with Crippen LogP contribution in [0, 0.1) is 5.82 Å². The number of fused-ring (bicyclic) bond motifs is 1. The third-order valence-corrected chi connectivity index (χ3v) is 1.80. The predicted octanol–water partition coefficient (Wildman–Crippen LogP) is 2.42. The van der Waals surface area contributed by atoms with E-state index in [-0.39, 0.29) is 5.82 Å². The molecule has 0 saturated heterocycles. The standard InChI is InChI=1S/C8H4ClFN2/c9-8-7-5(1-2-11-8)3-6(10)4-12-7/h1-4H. The van der Waals surface area contributed by atoms with E-state index in [2.05, 4.69) is 9.97 Å². The maximum Gasteiger partial charge on any atom is 0.155 e. The van der Waals surface area contributed by atoms with Crippen molar-refractivity contribution in [3.05, 3.63) is 35.5 Å². The molecular formula is C8H4ClFN2. The Morgan fingerprint density at radius 3 is 3.00 bits per heavy atom. The average molecular weight is 183 g/mol. The van der Waals surface area contributed by atoms with E-state index >= 15 is 0 Å². The van der Waals surface area contributed by atoms with E-state index in [0.29, 0.717) is 16.1 Å². The molecule has 2 nitrogen and oxygen atoms in total. The van der Waals surface area contributed by atoms with Crippen LogP contribution in [0.3, 0.4) is 0 Å². The number of rotatable bonds is 0. The Hall–Kier alpha value is -1.22. The molecule has 2 heterocycles. The Morgan fingerprint density at radius 2 is 2.17 bits per heavy atom. The van der Waals surface area contributed by atoms with Crippen molar-refractivity contribution in [2.75, 3.05) is 0 Å². The summed E-state index contributed by atoms with van der Waals surface area (Å²) in [5, 5.41) is 0.961. The molecule has 0 amide bonds. The maximum absolute atomic E-state index is 12.6. The second-order valence-corrected chi connectivity index (χ2v) is 2.69. The molecule has 2 rings (SSSR count). The second-order valence-electron chi connectivity index (χ2n) is 2.33. The zero-order chi connectivity index (χ0) is 8.55. The number of pyridine rings is 2. The van der Waals surface area contributed by atoms with Crippen LogP contribution in [0.25, 0.3) is 10.9 Å². The number of nitrogens with zero attached hydrogens (tertiary/aromatic N) is 2. The number of halogens is 2. The van der Waals surface area contributed by atoms with Crippen LogP contribution in [0.15, 0.2) is 24.5 Å². The van der Waals surface area contributed by atoms with Crippen LogP contribution in [0.4, 0.5) is 4.39 Å². The smallest absolute Gasteiger partial charge is 0.155 e. The van der Waals surface area contributed by atoms with E-state index in [1.165, 1.54) is 12.3 Å². The van der Waals surface area contributed by atoms with Gasteiger partial charge in [-0.05, 0) is 12.1 Å². The van der Waals surface area contributed by atoms with E-state index in [0.717, 1.165) is 6.20 Å². The average Bonchev–Trinajstić information content (AvgIpc) is 2.04. The zero-order valence-electron chi connectivity index (χ0n) is 5.96. The van der Waals surface area contributed by atoms with Gasteiger partial charge in [0.1, 0.15) is 11.3 Å². The van der Waals surface area contributed by atoms with Gasteiger partial charge < -0.3 is 0 Å². The Labute approximate surface area is 73.0 Å². The minimum atomic E-state index is -0.371. The highest BCUT2D eigenvalue weighted by atomic mass is 35.5. The van der Waals surface area contributed by atoms with Gasteiger partial charge in [-0.25, -0.2) is 14.4 Å². The van der Waals surface area contributed by atoms with E-state index in [1.54, 1.807) is 6.07 Å². The molecule has 4 heteroatoms. The highest BCUT2D eigenvalue weighted by molar-refractivity contribution is 6.33. The van der Waals surface area contributed by atoms with Gasteiger partial charge in [-0.2, -0.15) is 0 Å². The van der Waals surface area contributed by atoms with Crippen LogP contribution in [-0.4, -0.2) is 9.97 Å². The summed E-state index contributed by atoms with van der Waals surface area (Å²) in [4.78, 5) is 7.63. The van der Waals surface area contributed by atoms with Crippen molar-refractivity contribution in [1.82, 2.24) is 9.97 Å². The first kappa shape index (κ1) is 7.43. The molecule has 0 atom stereocenters. The molecule has 2 aromatic rings. The third-order valence-electron chi connectivity index (χ3n) is 1.52. The molecule has 2 aromatic heterocycles. The number of aromatic nitrogens is 2. The molecule has 0 aliphatic rings. The molecule has 0 radical (unpaired) electrons. The normalized spacial score (nSPS) is 10.5. The first-order valence-corrected chi connectivity index (χ1v) is 3.71. The summed E-state index contributed by atoms with van der Waals surface area (Å²) in [6, 6.07) is 3.03. The fourth-order valence-corrected chi connectivity index (χ4v) is 1.21. The summed E-state index contributed by atoms with van der Waals surface area (Å²) in [6.07, 6.45) is 2.64. The summed E-state index contributed by atoms with van der Waals surface area (Å²) < 4.78 is 12.6. The van der Waals surface area contributed by atoms with Gasteiger partial charge in [0.15, 0.2) is 5.15 Å². The number of hydrogen-bond donors (Lipinski definition) is 0. The van der Waals surface area contributed by atoms with Crippen molar-refractivity contribution in [2.45, 2.75) is 0 Å². The van der Waals surface area contributed by atoms with Gasteiger partial charge in [0, 0.05) is 11.6 Å². The van der Waals surface area contributed by atoms with Gasteiger partial charge >= 0.3 is 0 Å². The van der Waals surface area contributed by atoms with Gasteiger partial charge in [-0.1, -0.05) is 11.6 Å². The Morgan fingerprint density at radius 1 is 1.33 bits per heavy atom. The van der Waals surface area contributed by atoms with Gasteiger partial charge in [-0.15, -0.1) is 0 Å². The fourth-order valence-electron chi connectivity index (χ4n) is 0.998. The summed E-state index contributed by atoms with van der Waals surface area (Å²) in [7, 11) is 0. The molecule has 0 spiro atoms. The summed E-state index contributed by atoms with van der Waals surface area (Å²) in [5.41, 5.74) is 0.528. The van der Waals surface area contributed by atoms with E-state index in [9.17, 15) is 4.39 Å². The summed E-state index contributed by atoms with van der Waals surface area (Å²) >= 11 is 5.71. The third kappa shape index (κ3) is 1.12. The molecule has 0 bridgehead atoms. The summed E-state index contributed by atoms with van der Waals surface area (Å²) in [5.74, 6) is -0.371. The highest BCUT2D eigenvalue weighted by Gasteiger charge is 2.01. The van der Waals surface area contributed by atoms with Crippen molar-refractivity contribution < 1.29 is 4.39 Å². The van der Waals surface area contributed by atoms with Gasteiger partial charge in [0.25, 0.3) is 0 Å². The lowest BCUT2D eigenvalue weighted by molar-refractivity contribution is 0.624. The first-order chi connectivity index (χ1) is 5.77. The Bertz CT molecular complexity index is 430. The molecule has 0 fully saturated rings. The van der Waals surface area contributed by atoms with E-state index in [1.807, 2.05) is 0 Å². The maximum atomic E-state index is 12.6. The largest absolute Gasteiger partial charge is 0.250 e. The Kier molecular flexibility index (Phi) is 1.66. The van der Waals surface area contributed by atoms with Crippen LogP contribution in [0.5, 0.6) is 0 Å². The molecule has 0 unspecified atom stereocenters. The summed E-state index contributed by atoms with van der Waals surface area (Å²) in [6.45, 7) is 0. The molecule has 0 saturated carbocycles. The van der Waals surface area contributed by atoms with Gasteiger partial charge in [0.05, 0.1) is 6.20 Å². The lowest BCUT2D eigenvalue weighted by Crippen LogP contribution is -1.84. The SMILES string of the molecule is Fc1cnc2c(Cl)nccc2c1. The van der Waals surface area contributed by atoms with Gasteiger partial charge in [-0.3, -0.25) is 0 Å². The molecule has 0 aliphatic carbocycles. The minimum Gasteiger partial charge on any atom is -0.250 e. The van der Waals surface area contributed by atoms with E-state index < -0.39 is 0 Å². The van der Waals surface area contributed by atoms with Crippen molar-refractivity contribution in [1.29, 1.82) is 0 Å². The molecule has 0 aliphatic heterocycles. The molecule has 0 aromatic carbocycles. The van der Waals surface area contributed by atoms with Crippen molar-refractivity contribution in [2.24, 2.45) is 0 Å². The van der Waals surface area contributed by atoms with Crippen LogP contribution in [0.2, 0.25) is 5.15 Å². The molecular weight excluding hydrogens is 179 g/mol.